The van der Waals surface area contributed by atoms with Crippen molar-refractivity contribution in [1.82, 2.24) is 10.2 Å². The average molecular weight is 395 g/mol. The molecule has 0 bridgehead atoms. The van der Waals surface area contributed by atoms with E-state index < -0.39 is 30.0 Å². The molecule has 3 rings (SSSR count). The second kappa shape index (κ2) is 9.23. The first-order chi connectivity index (χ1) is 14.0. The summed E-state index contributed by atoms with van der Waals surface area (Å²) in [6.45, 7) is 0.419. The maximum atomic E-state index is 13.5. The first-order valence-electron chi connectivity index (χ1n) is 9.57. The highest BCUT2D eigenvalue weighted by Gasteiger charge is 2.41. The van der Waals surface area contributed by atoms with Crippen LogP contribution in [0.1, 0.15) is 29.9 Å². The number of alkyl carbamates (subject to hydrolysis) is 1. The van der Waals surface area contributed by atoms with Crippen LogP contribution in [-0.2, 0) is 14.3 Å². The molecule has 0 spiro atoms. The van der Waals surface area contributed by atoms with Gasteiger partial charge in [0.2, 0.25) is 11.8 Å². The van der Waals surface area contributed by atoms with E-state index in [0.29, 0.717) is 19.4 Å². The molecule has 0 radical (unpaired) electrons. The fourth-order valence-corrected chi connectivity index (χ4v) is 3.88. The van der Waals surface area contributed by atoms with Crippen LogP contribution in [0.4, 0.5) is 4.79 Å². The predicted octanol–water partition coefficient (Wildman–Crippen LogP) is 2.02. The van der Waals surface area contributed by atoms with Crippen molar-refractivity contribution in [2.75, 3.05) is 13.7 Å². The highest BCUT2D eigenvalue weighted by molar-refractivity contribution is 5.92. The second-order valence-corrected chi connectivity index (χ2v) is 7.00. The zero-order valence-electron chi connectivity index (χ0n) is 16.3. The molecule has 0 saturated carbocycles. The number of rotatable bonds is 6. The van der Waals surface area contributed by atoms with Crippen molar-refractivity contribution in [3.05, 3.63) is 71.8 Å². The van der Waals surface area contributed by atoms with E-state index in [2.05, 4.69) is 5.32 Å². The van der Waals surface area contributed by atoms with E-state index in [1.165, 1.54) is 12.0 Å². The van der Waals surface area contributed by atoms with Gasteiger partial charge in [-0.15, -0.1) is 0 Å². The fraction of sp³-hybridized carbons (Fsp3) is 0.318. The Balaban J connectivity index is 2.05. The van der Waals surface area contributed by atoms with E-state index in [-0.39, 0.29) is 5.91 Å². The van der Waals surface area contributed by atoms with Gasteiger partial charge in [-0.2, -0.15) is 0 Å². The topological polar surface area (TPSA) is 102 Å². The number of amides is 3. The summed E-state index contributed by atoms with van der Waals surface area (Å²) in [5.74, 6) is -1.35. The highest BCUT2D eigenvalue weighted by atomic mass is 16.5. The lowest BCUT2D eigenvalue weighted by Crippen LogP contribution is -2.55. The van der Waals surface area contributed by atoms with Crippen LogP contribution >= 0.6 is 0 Å². The van der Waals surface area contributed by atoms with Gasteiger partial charge in [0, 0.05) is 12.5 Å². The van der Waals surface area contributed by atoms with Crippen LogP contribution < -0.4 is 11.1 Å². The molecule has 2 aromatic rings. The lowest BCUT2D eigenvalue weighted by Gasteiger charge is -2.32. The van der Waals surface area contributed by atoms with Crippen molar-refractivity contribution in [3.63, 3.8) is 0 Å². The number of carbonyl (C=O) groups is 3. The van der Waals surface area contributed by atoms with E-state index in [0.717, 1.165) is 11.1 Å². The van der Waals surface area contributed by atoms with Gasteiger partial charge < -0.3 is 20.7 Å². The Hall–Kier alpha value is -3.35. The summed E-state index contributed by atoms with van der Waals surface area (Å²) in [4.78, 5) is 39.0. The lowest BCUT2D eigenvalue weighted by atomic mass is 9.84. The Kier molecular flexibility index (Phi) is 6.49. The Morgan fingerprint density at radius 2 is 1.59 bits per heavy atom. The Labute approximate surface area is 169 Å². The number of methoxy groups -OCH3 is 1. The van der Waals surface area contributed by atoms with Gasteiger partial charge in [0.15, 0.2) is 0 Å². The third kappa shape index (κ3) is 4.56. The van der Waals surface area contributed by atoms with E-state index in [9.17, 15) is 14.4 Å². The molecular weight excluding hydrogens is 370 g/mol. The molecular formula is C22H25N3O4. The van der Waals surface area contributed by atoms with Crippen LogP contribution in [0.5, 0.6) is 0 Å². The molecule has 1 saturated heterocycles. The SMILES string of the molecule is COC(=O)N[C@@H](C(=O)N1CCCC1C(N)=O)C(c1ccccc1)c1ccccc1. The molecule has 29 heavy (non-hydrogen) atoms. The Morgan fingerprint density at radius 1 is 1.03 bits per heavy atom. The number of hydrogen-bond donors (Lipinski definition) is 2. The number of nitrogens with one attached hydrogen (secondary N) is 1. The van der Waals surface area contributed by atoms with Crippen LogP contribution in [0.2, 0.25) is 0 Å². The van der Waals surface area contributed by atoms with Gasteiger partial charge in [-0.25, -0.2) is 4.79 Å². The summed E-state index contributed by atoms with van der Waals surface area (Å²) in [6, 6.07) is 17.3. The quantitative estimate of drug-likeness (QED) is 0.781. The average Bonchev–Trinajstić information content (AvgIpc) is 3.24. The van der Waals surface area contributed by atoms with E-state index in [4.69, 9.17) is 10.5 Å². The van der Waals surface area contributed by atoms with Gasteiger partial charge in [-0.05, 0) is 24.0 Å². The number of benzene rings is 2. The monoisotopic (exact) mass is 395 g/mol. The van der Waals surface area contributed by atoms with E-state index in [1.54, 1.807) is 0 Å². The van der Waals surface area contributed by atoms with Crippen LogP contribution in [0, 0.1) is 0 Å². The number of nitrogens with zero attached hydrogens (tertiary/aromatic N) is 1. The fourth-order valence-electron chi connectivity index (χ4n) is 3.88. The van der Waals surface area contributed by atoms with Crippen LogP contribution in [-0.4, -0.2) is 48.5 Å². The highest BCUT2D eigenvalue weighted by Crippen LogP contribution is 2.31. The van der Waals surface area contributed by atoms with Gasteiger partial charge in [-0.3, -0.25) is 9.59 Å². The molecule has 152 valence electrons. The number of carbonyl (C=O) groups excluding carboxylic acids is 3. The predicted molar refractivity (Wildman–Crippen MR) is 108 cm³/mol. The number of nitrogens with two attached hydrogens (primary N) is 1. The van der Waals surface area contributed by atoms with Crippen LogP contribution in [0.15, 0.2) is 60.7 Å². The molecule has 1 heterocycles. The number of ether oxygens (including phenoxy) is 1. The summed E-state index contributed by atoms with van der Waals surface area (Å²) in [5, 5.41) is 2.70. The number of likely N-dealkylation sites (tertiary alicyclic amines) is 1. The maximum Gasteiger partial charge on any atom is 0.407 e. The molecule has 3 N–H and O–H groups in total. The Morgan fingerprint density at radius 3 is 2.07 bits per heavy atom. The van der Waals surface area contributed by atoms with E-state index >= 15 is 0 Å². The van der Waals surface area contributed by atoms with Crippen molar-refractivity contribution >= 4 is 17.9 Å². The molecule has 7 heteroatoms. The standard InChI is InChI=1S/C22H25N3O4/c1-29-22(28)24-19(21(27)25-14-8-13-17(25)20(23)26)18(15-9-4-2-5-10-15)16-11-6-3-7-12-16/h2-7,9-12,17-19H,8,13-14H2,1H3,(H2,23,26)(H,24,28)/t17?,19-/m1/s1. The van der Waals surface area contributed by atoms with Crippen molar-refractivity contribution < 1.29 is 19.1 Å². The molecule has 1 aliphatic heterocycles. The third-order valence-corrected chi connectivity index (χ3v) is 5.24. The van der Waals surface area contributed by atoms with Gasteiger partial charge in [-0.1, -0.05) is 60.7 Å². The molecule has 1 aliphatic rings. The third-order valence-electron chi connectivity index (χ3n) is 5.24. The summed E-state index contributed by atoms with van der Waals surface area (Å²) >= 11 is 0. The second-order valence-electron chi connectivity index (χ2n) is 7.00. The first kappa shape index (κ1) is 20.4. The molecule has 2 aromatic carbocycles. The minimum Gasteiger partial charge on any atom is -0.453 e. The minimum absolute atomic E-state index is 0.352. The minimum atomic E-state index is -0.952. The number of primary amides is 1. The van der Waals surface area contributed by atoms with Gasteiger partial charge in [0.1, 0.15) is 12.1 Å². The number of hydrogen-bond acceptors (Lipinski definition) is 4. The zero-order valence-corrected chi connectivity index (χ0v) is 16.3. The summed E-state index contributed by atoms with van der Waals surface area (Å²) in [5.41, 5.74) is 7.24. The maximum absolute atomic E-state index is 13.5. The van der Waals surface area contributed by atoms with Gasteiger partial charge >= 0.3 is 6.09 Å². The molecule has 1 fully saturated rings. The molecule has 0 aromatic heterocycles. The molecule has 7 nitrogen and oxygen atoms in total. The summed E-state index contributed by atoms with van der Waals surface area (Å²) < 4.78 is 4.78. The smallest absolute Gasteiger partial charge is 0.407 e. The van der Waals surface area contributed by atoms with E-state index in [1.807, 2.05) is 60.7 Å². The molecule has 2 atom stereocenters. The van der Waals surface area contributed by atoms with Gasteiger partial charge in [0.25, 0.3) is 0 Å². The lowest BCUT2D eigenvalue weighted by molar-refractivity contribution is -0.139. The normalized spacial score (nSPS) is 17.0. The molecule has 1 unspecified atom stereocenters. The molecule has 3 amide bonds. The zero-order chi connectivity index (χ0) is 20.8. The summed E-state index contributed by atoms with van der Waals surface area (Å²) in [7, 11) is 1.25. The van der Waals surface area contributed by atoms with Crippen LogP contribution in [0.3, 0.4) is 0 Å². The van der Waals surface area contributed by atoms with Gasteiger partial charge in [0.05, 0.1) is 7.11 Å². The van der Waals surface area contributed by atoms with Crippen LogP contribution in [0.25, 0.3) is 0 Å². The Bertz CT molecular complexity index is 817. The van der Waals surface area contributed by atoms with Crippen molar-refractivity contribution in [3.8, 4) is 0 Å². The largest absolute Gasteiger partial charge is 0.453 e. The molecule has 0 aliphatic carbocycles. The van der Waals surface area contributed by atoms with Crippen molar-refractivity contribution in [2.45, 2.75) is 30.8 Å². The first-order valence-corrected chi connectivity index (χ1v) is 9.57. The van der Waals surface area contributed by atoms with Crippen molar-refractivity contribution in [2.24, 2.45) is 5.73 Å². The summed E-state index contributed by atoms with van der Waals surface area (Å²) in [6.07, 6.45) is 0.494. The van der Waals surface area contributed by atoms with Crippen molar-refractivity contribution in [1.29, 1.82) is 0 Å².